The van der Waals surface area contributed by atoms with E-state index in [0.717, 1.165) is 37.0 Å². The molecule has 152 valence electrons. The number of carbonyl (C=O) groups is 1. The molecule has 0 bridgehead atoms. The summed E-state index contributed by atoms with van der Waals surface area (Å²) in [5.41, 5.74) is 5.66. The van der Waals surface area contributed by atoms with Crippen molar-refractivity contribution in [2.24, 2.45) is 11.1 Å². The molecule has 0 spiro atoms. The van der Waals surface area contributed by atoms with Crippen molar-refractivity contribution in [3.63, 3.8) is 0 Å². The molecule has 1 atom stereocenters. The first-order valence-corrected chi connectivity index (χ1v) is 12.0. The normalized spacial score (nSPS) is 23.1. The number of carbonyl (C=O) groups excluding carboxylic acids is 1. The minimum atomic E-state index is -3.45. The van der Waals surface area contributed by atoms with Gasteiger partial charge in [-0.2, -0.15) is 4.31 Å². The average Bonchev–Trinajstić information content (AvgIpc) is 3.10. The van der Waals surface area contributed by atoms with Crippen LogP contribution in [0.5, 0.6) is 0 Å². The van der Waals surface area contributed by atoms with Crippen molar-refractivity contribution in [2.75, 3.05) is 6.54 Å². The lowest BCUT2D eigenvalue weighted by molar-refractivity contribution is -0.123. The highest BCUT2D eigenvalue weighted by Crippen LogP contribution is 2.38. The Morgan fingerprint density at radius 2 is 2.00 bits per heavy atom. The smallest absolute Gasteiger partial charge is 0.244 e. The predicted molar refractivity (Wildman–Crippen MR) is 108 cm³/mol. The van der Waals surface area contributed by atoms with Crippen molar-refractivity contribution in [1.29, 1.82) is 0 Å². The molecule has 1 fully saturated rings. The Morgan fingerprint density at radius 3 is 2.59 bits per heavy atom. The van der Waals surface area contributed by atoms with Gasteiger partial charge in [0, 0.05) is 29.9 Å². The molecule has 1 aliphatic heterocycles. The zero-order valence-electron chi connectivity index (χ0n) is 16.5. The molecule has 0 saturated heterocycles. The van der Waals surface area contributed by atoms with Crippen molar-refractivity contribution < 1.29 is 13.2 Å². The maximum Gasteiger partial charge on any atom is 0.244 e. The lowest BCUT2D eigenvalue weighted by atomic mass is 9.80. The van der Waals surface area contributed by atoms with Gasteiger partial charge in [-0.05, 0) is 29.7 Å². The van der Waals surface area contributed by atoms with Crippen LogP contribution < -0.4 is 11.1 Å². The van der Waals surface area contributed by atoms with Crippen molar-refractivity contribution in [2.45, 2.75) is 82.4 Å². The number of Topliss-reactive ketones (excluding diaryl/α,β-unsaturated/α-hetero) is 1. The highest BCUT2D eigenvalue weighted by molar-refractivity contribution is 7.89. The Morgan fingerprint density at radius 1 is 1.33 bits per heavy atom. The first-order valence-electron chi connectivity index (χ1n) is 9.65. The van der Waals surface area contributed by atoms with Crippen LogP contribution in [0.3, 0.4) is 0 Å². The molecular weight excluding hydrogens is 382 g/mol. The number of nitrogens with two attached hydrogens (primary N) is 1. The van der Waals surface area contributed by atoms with Gasteiger partial charge in [-0.25, -0.2) is 8.42 Å². The quantitative estimate of drug-likeness (QED) is 0.700. The second-order valence-electron chi connectivity index (χ2n) is 9.15. The van der Waals surface area contributed by atoms with Crippen LogP contribution in [0.25, 0.3) is 0 Å². The summed E-state index contributed by atoms with van der Waals surface area (Å²) >= 11 is 1.48. The Kier molecular flexibility index (Phi) is 5.85. The summed E-state index contributed by atoms with van der Waals surface area (Å²) in [7, 11) is -3.45. The number of nitrogens with zero attached hydrogens (tertiary/aromatic N) is 1. The van der Waals surface area contributed by atoms with Gasteiger partial charge in [0.1, 0.15) is 6.17 Å². The van der Waals surface area contributed by atoms with E-state index in [9.17, 15) is 13.2 Å². The minimum Gasteiger partial charge on any atom is -0.310 e. The molecule has 2 aliphatic rings. The van der Waals surface area contributed by atoms with Gasteiger partial charge in [-0.1, -0.05) is 40.0 Å². The summed E-state index contributed by atoms with van der Waals surface area (Å²) in [5.74, 6) is -0.0177. The molecule has 1 unspecified atom stereocenters. The van der Waals surface area contributed by atoms with E-state index >= 15 is 0 Å². The topological polar surface area (TPSA) is 92.5 Å². The first-order chi connectivity index (χ1) is 12.5. The summed E-state index contributed by atoms with van der Waals surface area (Å²) < 4.78 is 27.3. The number of ketones is 1. The van der Waals surface area contributed by atoms with E-state index in [2.05, 4.69) is 5.32 Å². The molecule has 1 aliphatic carbocycles. The van der Waals surface area contributed by atoms with Gasteiger partial charge in [0.25, 0.3) is 0 Å². The zero-order chi connectivity index (χ0) is 19.9. The fourth-order valence-corrected chi connectivity index (χ4v) is 7.15. The third-order valence-corrected chi connectivity index (χ3v) is 8.36. The Labute approximate surface area is 166 Å². The van der Waals surface area contributed by atoms with Crippen LogP contribution in [-0.4, -0.2) is 36.8 Å². The van der Waals surface area contributed by atoms with Crippen molar-refractivity contribution in [3.8, 4) is 0 Å². The van der Waals surface area contributed by atoms with Gasteiger partial charge in [0.15, 0.2) is 5.78 Å². The van der Waals surface area contributed by atoms with E-state index in [1.54, 1.807) is 10.4 Å². The van der Waals surface area contributed by atoms with Crippen LogP contribution in [-0.2, 0) is 21.4 Å². The average molecular weight is 414 g/mol. The summed E-state index contributed by atoms with van der Waals surface area (Å²) in [6.07, 6.45) is 4.48. The Hall–Kier alpha value is -0.800. The second-order valence-corrected chi connectivity index (χ2v) is 12.1. The number of rotatable bonds is 6. The zero-order valence-corrected chi connectivity index (χ0v) is 18.1. The Balaban J connectivity index is 1.76. The van der Waals surface area contributed by atoms with Crippen LogP contribution in [0.1, 0.15) is 64.2 Å². The largest absolute Gasteiger partial charge is 0.310 e. The fourth-order valence-electron chi connectivity index (χ4n) is 4.16. The highest BCUT2D eigenvalue weighted by atomic mass is 32.2. The van der Waals surface area contributed by atoms with Gasteiger partial charge in [-0.15, -0.1) is 11.3 Å². The number of hydrogen-bond acceptors (Lipinski definition) is 6. The van der Waals surface area contributed by atoms with Crippen LogP contribution >= 0.6 is 11.3 Å². The second kappa shape index (κ2) is 7.55. The van der Waals surface area contributed by atoms with Gasteiger partial charge in [-0.3, -0.25) is 10.1 Å². The van der Waals surface area contributed by atoms with Crippen LogP contribution in [0.4, 0.5) is 0 Å². The molecule has 2 heterocycles. The van der Waals surface area contributed by atoms with E-state index < -0.39 is 21.7 Å². The van der Waals surface area contributed by atoms with Gasteiger partial charge in [0.2, 0.25) is 10.0 Å². The maximum absolute atomic E-state index is 12.9. The van der Waals surface area contributed by atoms with E-state index in [1.165, 1.54) is 11.3 Å². The van der Waals surface area contributed by atoms with Crippen molar-refractivity contribution in [1.82, 2.24) is 9.62 Å². The molecule has 27 heavy (non-hydrogen) atoms. The number of sulfonamides is 1. The summed E-state index contributed by atoms with van der Waals surface area (Å²) in [6, 6.07) is 1.69. The molecular formula is C19H31N3O3S2. The molecule has 3 rings (SSSR count). The number of nitrogens with one attached hydrogen (secondary N) is 1. The lowest BCUT2D eigenvalue weighted by Gasteiger charge is -2.42. The minimum absolute atomic E-state index is 0.0177. The van der Waals surface area contributed by atoms with Gasteiger partial charge in [0.05, 0.1) is 4.90 Å². The molecule has 1 aromatic heterocycles. The third-order valence-electron chi connectivity index (χ3n) is 5.45. The SMILES string of the molecule is CC(C)(C)CC(=O)C(N)NC1(CN2Cc3sccc3S2(=O)=O)CCCCC1. The molecule has 6 nitrogen and oxygen atoms in total. The summed E-state index contributed by atoms with van der Waals surface area (Å²) in [5, 5.41) is 5.19. The van der Waals surface area contributed by atoms with Crippen LogP contribution in [0, 0.1) is 5.41 Å². The Bertz CT molecular complexity index is 789. The van der Waals surface area contributed by atoms with Gasteiger partial charge < -0.3 is 5.73 Å². The summed E-state index contributed by atoms with van der Waals surface area (Å²) in [4.78, 5) is 13.9. The van der Waals surface area contributed by atoms with E-state index in [1.807, 2.05) is 26.2 Å². The first kappa shape index (κ1) is 20.9. The molecule has 8 heteroatoms. The standard InChI is InChI=1S/C19H31N3O3S2/c1-18(2,3)11-14(23)17(20)21-19(8-5-4-6-9-19)13-22-12-15-16(7-10-26-15)27(22,24)25/h7,10,17,21H,4-6,8-9,11-13,20H2,1-3H3. The monoisotopic (exact) mass is 413 g/mol. The van der Waals surface area contributed by atoms with Crippen molar-refractivity contribution in [3.05, 3.63) is 16.3 Å². The van der Waals surface area contributed by atoms with Crippen LogP contribution in [0.15, 0.2) is 16.3 Å². The fraction of sp³-hybridized carbons (Fsp3) is 0.737. The molecule has 1 saturated carbocycles. The molecule has 1 aromatic rings. The molecule has 3 N–H and O–H groups in total. The van der Waals surface area contributed by atoms with Crippen molar-refractivity contribution >= 4 is 27.1 Å². The van der Waals surface area contributed by atoms with Crippen LogP contribution in [0.2, 0.25) is 0 Å². The van der Waals surface area contributed by atoms with E-state index in [0.29, 0.717) is 24.4 Å². The summed E-state index contributed by atoms with van der Waals surface area (Å²) in [6.45, 7) is 6.84. The maximum atomic E-state index is 12.9. The third kappa shape index (κ3) is 4.62. The molecule has 0 radical (unpaired) electrons. The van der Waals surface area contributed by atoms with Gasteiger partial charge >= 0.3 is 0 Å². The number of thiophene rings is 1. The molecule has 0 amide bonds. The number of hydrogen-bond donors (Lipinski definition) is 2. The highest BCUT2D eigenvalue weighted by Gasteiger charge is 2.43. The van der Waals surface area contributed by atoms with E-state index in [-0.39, 0.29) is 11.2 Å². The lowest BCUT2D eigenvalue weighted by Crippen LogP contribution is -2.62. The van der Waals surface area contributed by atoms with E-state index in [4.69, 9.17) is 5.73 Å². The number of fused-ring (bicyclic) bond motifs is 1. The molecule has 0 aromatic carbocycles. The predicted octanol–water partition coefficient (Wildman–Crippen LogP) is 2.84.